The summed E-state index contributed by atoms with van der Waals surface area (Å²) in [6, 6.07) is 59.8. The molecule has 0 saturated carbocycles. The summed E-state index contributed by atoms with van der Waals surface area (Å²) < 4.78 is 18.8. The monoisotopic (exact) mass is 734 g/mol. The zero-order chi connectivity index (χ0) is 37.8. The fourth-order valence-corrected chi connectivity index (χ4v) is 9.02. The Morgan fingerprint density at radius 3 is 1.95 bits per heavy atom. The van der Waals surface area contributed by atoms with Gasteiger partial charge in [0.15, 0.2) is 5.58 Å². The number of para-hydroxylation sites is 1. The van der Waals surface area contributed by atoms with Crippen LogP contribution < -0.4 is 4.90 Å². The van der Waals surface area contributed by atoms with E-state index in [-0.39, 0.29) is 5.41 Å². The van der Waals surface area contributed by atoms with E-state index < -0.39 is 0 Å². The smallest absolute Gasteiger partial charge is 0.227 e. The van der Waals surface area contributed by atoms with Crippen LogP contribution in [0, 0.1) is 0 Å². The molecule has 0 saturated heterocycles. The third-order valence-electron chi connectivity index (χ3n) is 11.9. The molecule has 0 spiro atoms. The van der Waals surface area contributed by atoms with Gasteiger partial charge < -0.3 is 18.2 Å². The van der Waals surface area contributed by atoms with Crippen molar-refractivity contribution in [2.24, 2.45) is 0 Å². The quantitative estimate of drug-likeness (QED) is 0.176. The number of benzene rings is 8. The van der Waals surface area contributed by atoms with Crippen LogP contribution in [-0.4, -0.2) is 4.98 Å². The first kappa shape index (κ1) is 31.9. The minimum absolute atomic E-state index is 0.122. The third-order valence-corrected chi connectivity index (χ3v) is 11.9. The van der Waals surface area contributed by atoms with Crippen molar-refractivity contribution in [3.05, 3.63) is 181 Å². The van der Waals surface area contributed by atoms with Crippen molar-refractivity contribution >= 4 is 72.0 Å². The maximum Gasteiger partial charge on any atom is 0.227 e. The van der Waals surface area contributed by atoms with Gasteiger partial charge >= 0.3 is 0 Å². The highest BCUT2D eigenvalue weighted by atomic mass is 16.4. The largest absolute Gasteiger partial charge is 0.456 e. The number of fused-ring (bicyclic) bond motifs is 10. The second-order valence-electron chi connectivity index (χ2n) is 15.6. The van der Waals surface area contributed by atoms with Crippen LogP contribution in [0.15, 0.2) is 183 Å². The van der Waals surface area contributed by atoms with Crippen molar-refractivity contribution in [3.63, 3.8) is 0 Å². The molecule has 5 nitrogen and oxygen atoms in total. The summed E-state index contributed by atoms with van der Waals surface area (Å²) >= 11 is 0. The normalized spacial score (nSPS) is 13.2. The van der Waals surface area contributed by atoms with Crippen LogP contribution in [0.1, 0.15) is 25.0 Å². The highest BCUT2D eigenvalue weighted by molar-refractivity contribution is 6.10. The molecule has 270 valence electrons. The average molecular weight is 735 g/mol. The number of oxazole rings is 1. The van der Waals surface area contributed by atoms with Crippen LogP contribution in [0.4, 0.5) is 17.1 Å². The molecule has 0 atom stereocenters. The lowest BCUT2D eigenvalue weighted by Crippen LogP contribution is -2.16. The van der Waals surface area contributed by atoms with Gasteiger partial charge in [0, 0.05) is 55.7 Å². The fourth-order valence-electron chi connectivity index (χ4n) is 9.02. The van der Waals surface area contributed by atoms with Gasteiger partial charge in [0.2, 0.25) is 5.89 Å². The number of nitrogens with zero attached hydrogens (tertiary/aromatic N) is 2. The molecule has 0 unspecified atom stereocenters. The summed E-state index contributed by atoms with van der Waals surface area (Å²) in [5.74, 6) is 0.605. The standard InChI is InChI=1S/C52H34N2O3/c1-52(2)43-14-8-6-12-37(43)38-24-21-36(28-44(38)52)54(35-22-25-47-41(27-35)39-13-7-9-15-46(39)55-47)34-19-16-31(17-20-34)33-18-23-40-42-29-45-50(30-49(42)56-48(40)26-33)57-51(53-45)32-10-4-3-5-11-32/h3-30H,1-2H3. The van der Waals surface area contributed by atoms with Gasteiger partial charge in [-0.25, -0.2) is 4.98 Å². The maximum absolute atomic E-state index is 6.45. The number of anilines is 3. The highest BCUT2D eigenvalue weighted by Crippen LogP contribution is 2.51. The van der Waals surface area contributed by atoms with Gasteiger partial charge in [0.05, 0.1) is 0 Å². The van der Waals surface area contributed by atoms with E-state index in [1.54, 1.807) is 0 Å². The average Bonchev–Trinajstić information content (AvgIpc) is 4.00. The molecule has 0 aliphatic heterocycles. The minimum atomic E-state index is -0.122. The molecule has 5 heteroatoms. The van der Waals surface area contributed by atoms with Crippen LogP contribution >= 0.6 is 0 Å². The predicted molar refractivity (Wildman–Crippen MR) is 232 cm³/mol. The molecule has 12 rings (SSSR count). The van der Waals surface area contributed by atoms with Gasteiger partial charge in [-0.15, -0.1) is 0 Å². The lowest BCUT2D eigenvalue weighted by Gasteiger charge is -2.28. The zero-order valence-corrected chi connectivity index (χ0v) is 31.3. The highest BCUT2D eigenvalue weighted by Gasteiger charge is 2.35. The molecule has 3 heterocycles. The van der Waals surface area contributed by atoms with E-state index in [4.69, 9.17) is 18.2 Å². The van der Waals surface area contributed by atoms with E-state index in [9.17, 15) is 0 Å². The van der Waals surface area contributed by atoms with E-state index in [2.05, 4.69) is 140 Å². The molecule has 11 aromatic rings. The van der Waals surface area contributed by atoms with Crippen molar-refractivity contribution in [3.8, 4) is 33.7 Å². The van der Waals surface area contributed by atoms with Crippen LogP contribution in [0.5, 0.6) is 0 Å². The summed E-state index contributed by atoms with van der Waals surface area (Å²) in [6.07, 6.45) is 0. The SMILES string of the molecule is CC1(C)c2ccccc2-c2ccc(N(c3ccc(-c4ccc5c(c4)oc4cc6oc(-c7ccccc7)nc6cc45)cc3)c3ccc4oc5ccccc5c4c3)cc21. The molecule has 1 aliphatic rings. The third kappa shape index (κ3) is 4.85. The fraction of sp³-hybridized carbons (Fsp3) is 0.0577. The Hall–Kier alpha value is -7.37. The number of aromatic nitrogens is 1. The summed E-state index contributed by atoms with van der Waals surface area (Å²) in [5, 5.41) is 4.27. The molecule has 0 bridgehead atoms. The molecule has 57 heavy (non-hydrogen) atoms. The summed E-state index contributed by atoms with van der Waals surface area (Å²) in [6.45, 7) is 4.67. The molecular weight excluding hydrogens is 701 g/mol. The molecule has 3 aromatic heterocycles. The zero-order valence-electron chi connectivity index (χ0n) is 31.3. The van der Waals surface area contributed by atoms with E-state index >= 15 is 0 Å². The van der Waals surface area contributed by atoms with Crippen LogP contribution in [0.3, 0.4) is 0 Å². The van der Waals surface area contributed by atoms with E-state index in [1.165, 1.54) is 22.3 Å². The Kier molecular flexibility index (Phi) is 6.62. The number of rotatable bonds is 5. The van der Waals surface area contributed by atoms with Gasteiger partial charge in [-0.1, -0.05) is 98.8 Å². The summed E-state index contributed by atoms with van der Waals surface area (Å²) in [4.78, 5) is 7.15. The Balaban J connectivity index is 0.944. The molecule has 0 fully saturated rings. The van der Waals surface area contributed by atoms with E-state index in [1.807, 2.05) is 48.5 Å². The van der Waals surface area contributed by atoms with Gasteiger partial charge in [-0.3, -0.25) is 0 Å². The summed E-state index contributed by atoms with van der Waals surface area (Å²) in [7, 11) is 0. The van der Waals surface area contributed by atoms with Crippen molar-refractivity contribution in [2.45, 2.75) is 19.3 Å². The van der Waals surface area contributed by atoms with Crippen LogP contribution in [-0.2, 0) is 5.41 Å². The molecule has 8 aromatic carbocycles. The van der Waals surface area contributed by atoms with Gasteiger partial charge in [0.25, 0.3) is 0 Å². The topological polar surface area (TPSA) is 55.6 Å². The lowest BCUT2D eigenvalue weighted by atomic mass is 9.82. The minimum Gasteiger partial charge on any atom is -0.456 e. The van der Waals surface area contributed by atoms with Gasteiger partial charge in [0.1, 0.15) is 27.8 Å². The Morgan fingerprint density at radius 1 is 0.404 bits per heavy atom. The molecule has 0 radical (unpaired) electrons. The van der Waals surface area contributed by atoms with Gasteiger partial charge in [-0.05, 0) is 112 Å². The number of furan rings is 2. The maximum atomic E-state index is 6.45. The van der Waals surface area contributed by atoms with Crippen molar-refractivity contribution in [2.75, 3.05) is 4.90 Å². The second-order valence-corrected chi connectivity index (χ2v) is 15.6. The molecule has 0 N–H and O–H groups in total. The number of hydrogen-bond donors (Lipinski definition) is 0. The predicted octanol–water partition coefficient (Wildman–Crippen LogP) is 14.7. The first-order valence-electron chi connectivity index (χ1n) is 19.3. The van der Waals surface area contributed by atoms with Crippen molar-refractivity contribution in [1.82, 2.24) is 4.98 Å². The van der Waals surface area contributed by atoms with Gasteiger partial charge in [-0.2, -0.15) is 0 Å². The van der Waals surface area contributed by atoms with E-state index in [0.29, 0.717) is 11.5 Å². The van der Waals surface area contributed by atoms with Crippen LogP contribution in [0.25, 0.3) is 88.7 Å². The lowest BCUT2D eigenvalue weighted by molar-refractivity contribution is 0.617. The Bertz CT molecular complexity index is 3380. The van der Waals surface area contributed by atoms with Crippen molar-refractivity contribution < 1.29 is 13.3 Å². The first-order valence-corrected chi connectivity index (χ1v) is 19.3. The van der Waals surface area contributed by atoms with Crippen LogP contribution in [0.2, 0.25) is 0 Å². The Labute approximate surface area is 328 Å². The first-order chi connectivity index (χ1) is 28.0. The second kappa shape index (κ2) is 11.8. The summed E-state index contributed by atoms with van der Waals surface area (Å²) in [5.41, 5.74) is 16.4. The van der Waals surface area contributed by atoms with Crippen molar-refractivity contribution in [1.29, 1.82) is 0 Å². The molecule has 0 amide bonds. The molecule has 1 aliphatic carbocycles. The van der Waals surface area contributed by atoms with E-state index in [0.717, 1.165) is 83.1 Å². The number of hydrogen-bond acceptors (Lipinski definition) is 5. The Morgan fingerprint density at radius 2 is 1.05 bits per heavy atom. The molecular formula is C52H34N2O3.